The first-order valence-electron chi connectivity index (χ1n) is 1.85. The van der Waals surface area contributed by atoms with Crippen LogP contribution in [-0.4, -0.2) is 4.98 Å². The van der Waals surface area contributed by atoms with Crippen molar-refractivity contribution < 1.29 is 50.7 Å². The van der Waals surface area contributed by atoms with Crippen LogP contribution in [0.3, 0.4) is 0 Å². The molecule has 53 valence electrons. The fourth-order valence-electron chi connectivity index (χ4n) is 0.313. The van der Waals surface area contributed by atoms with Crippen LogP contribution in [0.15, 0.2) is 30.6 Å². The van der Waals surface area contributed by atoms with Crippen LogP contribution in [0.2, 0.25) is 0 Å². The maximum absolute atomic E-state index is 3.78. The van der Waals surface area contributed by atoms with Gasteiger partial charge in [0.2, 0.25) is 0 Å². The van der Waals surface area contributed by atoms with Crippen molar-refractivity contribution in [3.05, 3.63) is 30.6 Å². The molecule has 0 saturated carbocycles. The molecular weight excluding hydrogens is 293 g/mol. The second-order valence-electron chi connectivity index (χ2n) is 1.02. The van der Waals surface area contributed by atoms with Crippen LogP contribution in [0.4, 0.5) is 0 Å². The molecule has 0 atom stereocenters. The van der Waals surface area contributed by atoms with Gasteiger partial charge in [-0.2, -0.15) is 0 Å². The summed E-state index contributed by atoms with van der Waals surface area (Å²) < 4.78 is 0. The average molecular weight is 298 g/mol. The van der Waals surface area contributed by atoms with Gasteiger partial charge >= 0.3 is 16.8 Å². The fraction of sp³-hybridized carbons (Fsp3) is 0. The van der Waals surface area contributed by atoms with E-state index < -0.39 is 0 Å². The van der Waals surface area contributed by atoms with E-state index in [0.717, 1.165) is 0 Å². The SMILES string of the molecule is [Br-].[Br-].[Co+2].c1ccncc1. The average Bonchev–Trinajstić information content (AvgIpc) is 1.72. The minimum absolute atomic E-state index is 0. The molecule has 0 N–H and O–H groups in total. The molecule has 1 aromatic rings. The van der Waals surface area contributed by atoms with E-state index in [0.29, 0.717) is 0 Å². The Kier molecular flexibility index (Phi) is 20.7. The van der Waals surface area contributed by atoms with E-state index in [1.165, 1.54) is 0 Å². The number of hydrogen-bond donors (Lipinski definition) is 0. The maximum Gasteiger partial charge on any atom is 2.00 e. The Bertz CT molecular complexity index is 86.9. The van der Waals surface area contributed by atoms with E-state index in [4.69, 9.17) is 0 Å². The zero-order valence-corrected chi connectivity index (χ0v) is 8.64. The van der Waals surface area contributed by atoms with Gasteiger partial charge in [0.05, 0.1) is 0 Å². The van der Waals surface area contributed by atoms with Crippen molar-refractivity contribution in [1.82, 2.24) is 4.98 Å². The first kappa shape index (κ1) is 16.3. The molecule has 0 unspecified atom stereocenters. The number of rotatable bonds is 0. The quantitative estimate of drug-likeness (QED) is 0.468. The predicted molar refractivity (Wildman–Crippen MR) is 24.2 cm³/mol. The number of aromatic nitrogens is 1. The summed E-state index contributed by atoms with van der Waals surface area (Å²) >= 11 is 0. The van der Waals surface area contributed by atoms with Crippen molar-refractivity contribution in [2.24, 2.45) is 0 Å². The Hall–Kier alpha value is 0.616. The number of pyridine rings is 1. The van der Waals surface area contributed by atoms with Gasteiger partial charge < -0.3 is 34.0 Å². The molecule has 1 heterocycles. The Morgan fingerprint density at radius 2 is 1.22 bits per heavy atom. The molecule has 1 aromatic heterocycles. The zero-order valence-electron chi connectivity index (χ0n) is 4.42. The molecule has 0 aliphatic heterocycles. The Labute approximate surface area is 86.0 Å². The minimum atomic E-state index is 0. The van der Waals surface area contributed by atoms with Gasteiger partial charge in [-0.1, -0.05) is 6.07 Å². The smallest absolute Gasteiger partial charge is 1.00 e. The predicted octanol–water partition coefficient (Wildman–Crippen LogP) is -4.91. The van der Waals surface area contributed by atoms with Crippen LogP contribution in [0.5, 0.6) is 0 Å². The molecule has 0 saturated heterocycles. The first-order chi connectivity index (χ1) is 3.00. The largest absolute Gasteiger partial charge is 2.00 e. The third-order valence-electron chi connectivity index (χ3n) is 0.566. The number of halogens is 2. The van der Waals surface area contributed by atoms with Crippen molar-refractivity contribution in [1.29, 1.82) is 0 Å². The van der Waals surface area contributed by atoms with Gasteiger partial charge in [0.1, 0.15) is 0 Å². The van der Waals surface area contributed by atoms with Gasteiger partial charge in [0.25, 0.3) is 0 Å². The molecule has 0 aliphatic rings. The van der Waals surface area contributed by atoms with E-state index in [-0.39, 0.29) is 50.7 Å². The summed E-state index contributed by atoms with van der Waals surface area (Å²) in [4.78, 5) is 3.78. The molecule has 1 nitrogen and oxygen atoms in total. The van der Waals surface area contributed by atoms with Crippen molar-refractivity contribution in [3.63, 3.8) is 0 Å². The molecule has 1 rings (SSSR count). The molecule has 0 aromatic carbocycles. The molecule has 1 radical (unpaired) electrons. The van der Waals surface area contributed by atoms with Crippen molar-refractivity contribution in [2.45, 2.75) is 0 Å². The molecule has 0 amide bonds. The molecular formula is C5H5Br2CoN. The summed E-state index contributed by atoms with van der Waals surface area (Å²) in [6.07, 6.45) is 3.50. The van der Waals surface area contributed by atoms with E-state index in [9.17, 15) is 0 Å². The molecule has 0 aliphatic carbocycles. The van der Waals surface area contributed by atoms with Crippen LogP contribution in [0, 0.1) is 0 Å². The number of hydrogen-bond acceptors (Lipinski definition) is 1. The second kappa shape index (κ2) is 11.4. The van der Waals surface area contributed by atoms with E-state index in [1.54, 1.807) is 12.4 Å². The molecule has 9 heavy (non-hydrogen) atoms. The van der Waals surface area contributed by atoms with Gasteiger partial charge in [-0.05, 0) is 12.1 Å². The molecule has 0 fully saturated rings. The standard InChI is InChI=1S/C5H5N.2BrH.Co/c1-2-4-6-5-3-1;;;/h1-5H;2*1H;/q;;;+2/p-2. The molecule has 0 spiro atoms. The second-order valence-corrected chi connectivity index (χ2v) is 1.02. The van der Waals surface area contributed by atoms with Gasteiger partial charge in [0, 0.05) is 12.4 Å². The monoisotopic (exact) mass is 296 g/mol. The normalized spacial score (nSPS) is 5.33. The summed E-state index contributed by atoms with van der Waals surface area (Å²) in [6.45, 7) is 0. The van der Waals surface area contributed by atoms with E-state index in [2.05, 4.69) is 4.98 Å². The van der Waals surface area contributed by atoms with E-state index in [1.807, 2.05) is 18.2 Å². The first-order valence-corrected chi connectivity index (χ1v) is 1.85. The van der Waals surface area contributed by atoms with Crippen LogP contribution >= 0.6 is 0 Å². The summed E-state index contributed by atoms with van der Waals surface area (Å²) in [7, 11) is 0. The summed E-state index contributed by atoms with van der Waals surface area (Å²) in [6, 6.07) is 5.72. The molecule has 0 bridgehead atoms. The van der Waals surface area contributed by atoms with Gasteiger partial charge in [0.15, 0.2) is 0 Å². The summed E-state index contributed by atoms with van der Waals surface area (Å²) in [5, 5.41) is 0. The van der Waals surface area contributed by atoms with Gasteiger partial charge in [-0.25, -0.2) is 0 Å². The van der Waals surface area contributed by atoms with Crippen LogP contribution in [-0.2, 0) is 16.8 Å². The zero-order chi connectivity index (χ0) is 4.24. The van der Waals surface area contributed by atoms with Gasteiger partial charge in [-0.15, -0.1) is 0 Å². The van der Waals surface area contributed by atoms with Crippen LogP contribution < -0.4 is 34.0 Å². The van der Waals surface area contributed by atoms with Crippen molar-refractivity contribution in [2.75, 3.05) is 0 Å². The third kappa shape index (κ3) is 8.62. The summed E-state index contributed by atoms with van der Waals surface area (Å²) in [5.41, 5.74) is 0. The van der Waals surface area contributed by atoms with Gasteiger partial charge in [-0.3, -0.25) is 4.98 Å². The third-order valence-corrected chi connectivity index (χ3v) is 0.566. The van der Waals surface area contributed by atoms with Crippen LogP contribution in [0.25, 0.3) is 0 Å². The maximum atomic E-state index is 3.78. The number of nitrogens with zero attached hydrogens (tertiary/aromatic N) is 1. The van der Waals surface area contributed by atoms with Crippen LogP contribution in [0.1, 0.15) is 0 Å². The van der Waals surface area contributed by atoms with E-state index >= 15 is 0 Å². The Morgan fingerprint density at radius 3 is 1.33 bits per heavy atom. The topological polar surface area (TPSA) is 12.9 Å². The molecule has 4 heteroatoms. The van der Waals surface area contributed by atoms with Crippen molar-refractivity contribution >= 4 is 0 Å². The fourth-order valence-corrected chi connectivity index (χ4v) is 0.313. The summed E-state index contributed by atoms with van der Waals surface area (Å²) in [5.74, 6) is 0. The Morgan fingerprint density at radius 1 is 0.778 bits per heavy atom. The minimum Gasteiger partial charge on any atom is -1.00 e. The van der Waals surface area contributed by atoms with Crippen molar-refractivity contribution in [3.8, 4) is 0 Å². The Balaban J connectivity index is -0.000000120.